The summed E-state index contributed by atoms with van der Waals surface area (Å²) in [5.74, 6) is 0.996. The molecule has 25 heavy (non-hydrogen) atoms. The molecule has 1 atom stereocenters. The van der Waals surface area contributed by atoms with Gasteiger partial charge in [0.05, 0.1) is 23.7 Å². The first-order chi connectivity index (χ1) is 11.9. The molecular formula is C18H24N4O3. The zero-order chi connectivity index (χ0) is 18.0. The Hall–Kier alpha value is -2.51. The van der Waals surface area contributed by atoms with E-state index in [0.717, 1.165) is 17.1 Å². The minimum Gasteiger partial charge on any atom is -0.473 e. The quantitative estimate of drug-likeness (QED) is 0.838. The van der Waals surface area contributed by atoms with Gasteiger partial charge in [0, 0.05) is 0 Å². The summed E-state index contributed by atoms with van der Waals surface area (Å²) >= 11 is 0. The summed E-state index contributed by atoms with van der Waals surface area (Å²) in [6.45, 7) is 10.3. The van der Waals surface area contributed by atoms with Crippen molar-refractivity contribution in [3.05, 3.63) is 48.3 Å². The minimum atomic E-state index is -0.573. The molecule has 1 aromatic carbocycles. The maximum absolute atomic E-state index is 5.89. The number of nitrogens with zero attached hydrogens (tertiary/aromatic N) is 2. The molecule has 1 saturated heterocycles. The van der Waals surface area contributed by atoms with Gasteiger partial charge < -0.3 is 25.3 Å². The highest BCUT2D eigenvalue weighted by Crippen LogP contribution is 2.29. The predicted octanol–water partition coefficient (Wildman–Crippen LogP) is 2.55. The number of aromatic nitrogens is 2. The van der Waals surface area contributed by atoms with Crippen LogP contribution < -0.4 is 15.8 Å². The Morgan fingerprint density at radius 1 is 1.44 bits per heavy atom. The maximum atomic E-state index is 5.89. The molecular weight excluding hydrogens is 320 g/mol. The lowest BCUT2D eigenvalue weighted by Gasteiger charge is -2.17. The summed E-state index contributed by atoms with van der Waals surface area (Å²) in [6.07, 6.45) is -0.128. The molecule has 7 heteroatoms. The molecule has 0 aliphatic carbocycles. The lowest BCUT2D eigenvalue weighted by molar-refractivity contribution is -0.141. The zero-order valence-electron chi connectivity index (χ0n) is 14.8. The van der Waals surface area contributed by atoms with Crippen LogP contribution in [0.5, 0.6) is 5.88 Å². The first-order valence-electron chi connectivity index (χ1n) is 8.17. The van der Waals surface area contributed by atoms with Crippen molar-refractivity contribution in [3.8, 4) is 11.6 Å². The number of hydrogen-bond donors (Lipinski definition) is 2. The van der Waals surface area contributed by atoms with Crippen LogP contribution in [0.2, 0.25) is 0 Å². The van der Waals surface area contributed by atoms with Crippen LogP contribution in [-0.4, -0.2) is 34.9 Å². The van der Waals surface area contributed by atoms with Crippen molar-refractivity contribution in [2.45, 2.75) is 32.7 Å². The van der Waals surface area contributed by atoms with Crippen molar-refractivity contribution in [1.82, 2.24) is 9.78 Å². The summed E-state index contributed by atoms with van der Waals surface area (Å²) in [5, 5.41) is 7.62. The van der Waals surface area contributed by atoms with E-state index in [1.807, 2.05) is 51.1 Å². The van der Waals surface area contributed by atoms with Crippen molar-refractivity contribution >= 4 is 5.82 Å². The van der Waals surface area contributed by atoms with E-state index in [1.165, 1.54) is 0 Å². The lowest BCUT2D eigenvalue weighted by atomic mass is 10.3. The van der Waals surface area contributed by atoms with Gasteiger partial charge in [-0.05, 0) is 32.9 Å². The average Bonchev–Trinajstić information content (AvgIpc) is 3.06. The first-order valence-corrected chi connectivity index (χ1v) is 8.17. The van der Waals surface area contributed by atoms with E-state index in [4.69, 9.17) is 19.9 Å². The molecule has 1 unspecified atom stereocenters. The summed E-state index contributed by atoms with van der Waals surface area (Å²) in [5.41, 5.74) is 7.46. The Morgan fingerprint density at radius 3 is 2.76 bits per heavy atom. The second-order valence-electron chi connectivity index (χ2n) is 6.44. The van der Waals surface area contributed by atoms with Crippen molar-refractivity contribution in [1.29, 1.82) is 0 Å². The Kier molecular flexibility index (Phi) is 4.69. The van der Waals surface area contributed by atoms with Gasteiger partial charge in [-0.2, -0.15) is 0 Å². The SMILES string of the molecule is C=C(N)Nc1c(C)c(OCC2COC(C)(C)O2)nn1-c1ccccc1. The molecule has 7 nitrogen and oxygen atoms in total. The molecule has 0 amide bonds. The largest absolute Gasteiger partial charge is 0.473 e. The van der Waals surface area contributed by atoms with E-state index < -0.39 is 5.79 Å². The molecule has 1 aliphatic rings. The third kappa shape index (κ3) is 3.94. The number of ether oxygens (including phenoxy) is 3. The Balaban J connectivity index is 1.82. The summed E-state index contributed by atoms with van der Waals surface area (Å²) in [7, 11) is 0. The molecule has 0 radical (unpaired) electrons. The van der Waals surface area contributed by atoms with E-state index in [1.54, 1.807) is 4.68 Å². The van der Waals surface area contributed by atoms with Crippen LogP contribution in [0.25, 0.3) is 5.69 Å². The second-order valence-corrected chi connectivity index (χ2v) is 6.44. The summed E-state index contributed by atoms with van der Waals surface area (Å²) < 4.78 is 19.0. The van der Waals surface area contributed by atoms with Crippen LogP contribution in [0.1, 0.15) is 19.4 Å². The predicted molar refractivity (Wildman–Crippen MR) is 95.7 cm³/mol. The number of hydrogen-bond acceptors (Lipinski definition) is 6. The fraction of sp³-hybridized carbons (Fsp3) is 0.389. The van der Waals surface area contributed by atoms with Gasteiger partial charge in [-0.1, -0.05) is 24.8 Å². The Morgan fingerprint density at radius 2 is 2.16 bits per heavy atom. The van der Waals surface area contributed by atoms with Crippen LogP contribution in [0, 0.1) is 6.92 Å². The van der Waals surface area contributed by atoms with Crippen LogP contribution in [-0.2, 0) is 9.47 Å². The standard InChI is InChI=1S/C18H24N4O3/c1-12-16(20-13(2)19)22(14-8-6-5-7-9-14)21-17(12)23-10-15-11-24-18(3,4)25-15/h5-9,15,20H,2,10-11,19H2,1,3-4H3. The lowest BCUT2D eigenvalue weighted by Crippen LogP contribution is -2.25. The van der Waals surface area contributed by atoms with Gasteiger partial charge >= 0.3 is 0 Å². The van der Waals surface area contributed by atoms with Gasteiger partial charge in [0.2, 0.25) is 5.88 Å². The van der Waals surface area contributed by atoms with E-state index in [2.05, 4.69) is 17.0 Å². The van der Waals surface area contributed by atoms with E-state index in [-0.39, 0.29) is 6.10 Å². The number of anilines is 1. The third-order valence-corrected chi connectivity index (χ3v) is 3.83. The van der Waals surface area contributed by atoms with Crippen molar-refractivity contribution in [3.63, 3.8) is 0 Å². The van der Waals surface area contributed by atoms with Gasteiger partial charge in [-0.15, -0.1) is 5.10 Å². The van der Waals surface area contributed by atoms with Gasteiger partial charge in [-0.25, -0.2) is 4.68 Å². The van der Waals surface area contributed by atoms with Crippen LogP contribution in [0.3, 0.4) is 0 Å². The molecule has 0 saturated carbocycles. The van der Waals surface area contributed by atoms with Crippen molar-refractivity contribution in [2.24, 2.45) is 5.73 Å². The number of nitrogens with two attached hydrogens (primary N) is 1. The summed E-state index contributed by atoms with van der Waals surface area (Å²) in [6, 6.07) is 9.75. The monoisotopic (exact) mass is 344 g/mol. The molecule has 1 aromatic heterocycles. The fourth-order valence-electron chi connectivity index (χ4n) is 2.68. The minimum absolute atomic E-state index is 0.128. The molecule has 0 bridgehead atoms. The summed E-state index contributed by atoms with van der Waals surface area (Å²) in [4.78, 5) is 0. The number of benzene rings is 1. The van der Waals surface area contributed by atoms with Crippen LogP contribution in [0.15, 0.2) is 42.7 Å². The highest BCUT2D eigenvalue weighted by molar-refractivity contribution is 5.57. The molecule has 3 rings (SSSR count). The molecule has 3 N–H and O–H groups in total. The number of para-hydroxylation sites is 1. The van der Waals surface area contributed by atoms with Crippen molar-refractivity contribution < 1.29 is 14.2 Å². The Bertz CT molecular complexity index is 755. The van der Waals surface area contributed by atoms with Crippen LogP contribution >= 0.6 is 0 Å². The van der Waals surface area contributed by atoms with Crippen molar-refractivity contribution in [2.75, 3.05) is 18.5 Å². The molecule has 134 valence electrons. The topological polar surface area (TPSA) is 83.6 Å². The fourth-order valence-corrected chi connectivity index (χ4v) is 2.68. The second kappa shape index (κ2) is 6.78. The average molecular weight is 344 g/mol. The zero-order valence-corrected chi connectivity index (χ0v) is 14.8. The number of rotatable bonds is 6. The highest BCUT2D eigenvalue weighted by Gasteiger charge is 2.33. The normalized spacial score (nSPS) is 18.9. The van der Waals surface area contributed by atoms with Gasteiger partial charge in [0.25, 0.3) is 0 Å². The van der Waals surface area contributed by atoms with Gasteiger partial charge in [-0.3, -0.25) is 0 Å². The maximum Gasteiger partial charge on any atom is 0.238 e. The molecule has 1 aliphatic heterocycles. The first kappa shape index (κ1) is 17.3. The molecule has 1 fully saturated rings. The van der Waals surface area contributed by atoms with E-state index >= 15 is 0 Å². The molecule has 2 aromatic rings. The van der Waals surface area contributed by atoms with E-state index in [0.29, 0.717) is 24.9 Å². The van der Waals surface area contributed by atoms with Gasteiger partial charge in [0.15, 0.2) is 5.79 Å². The van der Waals surface area contributed by atoms with Crippen LogP contribution in [0.4, 0.5) is 5.82 Å². The smallest absolute Gasteiger partial charge is 0.238 e. The molecule has 2 heterocycles. The van der Waals surface area contributed by atoms with Gasteiger partial charge in [0.1, 0.15) is 18.5 Å². The Labute approximate surface area is 147 Å². The highest BCUT2D eigenvalue weighted by atomic mass is 16.7. The number of nitrogens with one attached hydrogen (secondary N) is 1. The molecule has 0 spiro atoms. The third-order valence-electron chi connectivity index (χ3n) is 3.83. The van der Waals surface area contributed by atoms with E-state index in [9.17, 15) is 0 Å².